The lowest BCUT2D eigenvalue weighted by atomic mass is 10.1. The number of carbonyl (C=O) groups excluding carboxylic acids is 2. The van der Waals surface area contributed by atoms with Crippen LogP contribution in [0.25, 0.3) is 5.70 Å². The number of rotatable bonds is 6. The van der Waals surface area contributed by atoms with Crippen LogP contribution in [0.4, 0.5) is 38.1 Å². The second-order valence-corrected chi connectivity index (χ2v) is 11.4. The fourth-order valence-electron chi connectivity index (χ4n) is 4.74. The average Bonchev–Trinajstić information content (AvgIpc) is 3.01. The van der Waals surface area contributed by atoms with Crippen molar-refractivity contribution in [2.45, 2.75) is 18.1 Å². The standard InChI is InChI=1S/C30H27ClF5N6O2P/c31-22-5-1-18(2-6-22)25-9-10-37-27(40-25)38-23-7-3-19(4-8-23)26(43)41-11-13-42(14-12-41)28(44)39-24-16-20(29(32,33)34)15-21(17-24)30(35,36)45/h1-10,15-17,27,38,40H,11-14,45H2,(H,39,44). The summed E-state index contributed by atoms with van der Waals surface area (Å²) >= 11 is 5.98. The number of nitrogens with one attached hydrogen (secondary N) is 3. The second kappa shape index (κ2) is 13.0. The van der Waals surface area contributed by atoms with Gasteiger partial charge in [0.05, 0.1) is 5.56 Å². The fraction of sp³-hybridized carbons (Fsp3) is 0.233. The molecule has 8 nitrogen and oxygen atoms in total. The summed E-state index contributed by atoms with van der Waals surface area (Å²) in [7, 11) is 1.18. The molecule has 0 saturated carbocycles. The van der Waals surface area contributed by atoms with Crippen molar-refractivity contribution in [3.8, 4) is 0 Å². The van der Waals surface area contributed by atoms with Crippen LogP contribution in [0.5, 0.6) is 0 Å². The molecule has 1 saturated heterocycles. The zero-order valence-electron chi connectivity index (χ0n) is 23.4. The Hall–Kier alpha value is -4.22. The molecular formula is C30H27ClF5N6O2P. The van der Waals surface area contributed by atoms with Crippen LogP contribution >= 0.6 is 20.8 Å². The number of alkyl halides is 5. The third-order valence-corrected chi connectivity index (χ3v) is 7.69. The van der Waals surface area contributed by atoms with Gasteiger partial charge in [-0.1, -0.05) is 33.0 Å². The van der Waals surface area contributed by atoms with E-state index in [2.05, 4.69) is 20.9 Å². The Morgan fingerprint density at radius 1 is 0.867 bits per heavy atom. The molecule has 3 aromatic carbocycles. The predicted octanol–water partition coefficient (Wildman–Crippen LogP) is 6.68. The summed E-state index contributed by atoms with van der Waals surface area (Å²) in [6, 6.07) is 15.2. The SMILES string of the molecule is O=C(Nc1cc(C(F)(F)F)cc(C(F)(F)P)c1)N1CCN(C(=O)c2ccc(NC3N=CC=C(c4ccc(Cl)cc4)N3)cc2)CC1. The quantitative estimate of drug-likeness (QED) is 0.203. The van der Waals surface area contributed by atoms with E-state index < -0.39 is 41.0 Å². The van der Waals surface area contributed by atoms with Gasteiger partial charge in [0.1, 0.15) is 0 Å². The molecule has 15 heteroatoms. The highest BCUT2D eigenvalue weighted by molar-refractivity contribution is 7.17. The average molecular weight is 665 g/mol. The third-order valence-electron chi connectivity index (χ3n) is 7.11. The second-order valence-electron chi connectivity index (χ2n) is 10.3. The molecule has 2 heterocycles. The van der Waals surface area contributed by atoms with Crippen molar-refractivity contribution in [2.75, 3.05) is 36.8 Å². The lowest BCUT2D eigenvalue weighted by Gasteiger charge is -2.35. The fourth-order valence-corrected chi connectivity index (χ4v) is 5.03. The van der Waals surface area contributed by atoms with Crippen LogP contribution in [0.3, 0.4) is 0 Å². The minimum Gasteiger partial charge on any atom is -0.347 e. The number of allylic oxidation sites excluding steroid dienone is 1. The molecule has 0 bridgehead atoms. The molecule has 2 aliphatic rings. The van der Waals surface area contributed by atoms with E-state index in [-0.39, 0.29) is 32.1 Å². The zero-order valence-corrected chi connectivity index (χ0v) is 25.3. The summed E-state index contributed by atoms with van der Waals surface area (Å²) < 4.78 is 67.4. The van der Waals surface area contributed by atoms with E-state index in [0.717, 1.165) is 23.0 Å². The van der Waals surface area contributed by atoms with Crippen molar-refractivity contribution in [3.63, 3.8) is 0 Å². The zero-order chi connectivity index (χ0) is 32.4. The number of aliphatic imine (C=N–C) groups is 1. The predicted molar refractivity (Wildman–Crippen MR) is 166 cm³/mol. The minimum absolute atomic E-state index is 0.0949. The van der Waals surface area contributed by atoms with E-state index in [4.69, 9.17) is 11.6 Å². The van der Waals surface area contributed by atoms with Crippen LogP contribution in [0.2, 0.25) is 5.02 Å². The smallest absolute Gasteiger partial charge is 0.347 e. The Bertz CT molecular complexity index is 1590. The van der Waals surface area contributed by atoms with Gasteiger partial charge >= 0.3 is 12.2 Å². The molecular weight excluding hydrogens is 638 g/mol. The highest BCUT2D eigenvalue weighted by Gasteiger charge is 2.35. The van der Waals surface area contributed by atoms with Gasteiger partial charge in [0.2, 0.25) is 0 Å². The van der Waals surface area contributed by atoms with E-state index in [9.17, 15) is 31.5 Å². The molecule has 0 spiro atoms. The highest BCUT2D eigenvalue weighted by Crippen LogP contribution is 2.40. The molecule has 236 valence electrons. The van der Waals surface area contributed by atoms with Gasteiger partial charge in [-0.15, -0.1) is 0 Å². The number of hydrogen-bond donors (Lipinski definition) is 3. The number of urea groups is 1. The van der Waals surface area contributed by atoms with Crippen molar-refractivity contribution in [3.05, 3.63) is 100 Å². The van der Waals surface area contributed by atoms with Gasteiger partial charge in [-0.05, 0) is 66.2 Å². The number of amides is 3. The van der Waals surface area contributed by atoms with Crippen LogP contribution in [0.1, 0.15) is 27.0 Å². The van der Waals surface area contributed by atoms with Crippen molar-refractivity contribution in [2.24, 2.45) is 4.99 Å². The Morgan fingerprint density at radius 2 is 1.49 bits per heavy atom. The summed E-state index contributed by atoms with van der Waals surface area (Å²) in [5.74, 6) is -0.256. The summed E-state index contributed by atoms with van der Waals surface area (Å²) in [5.41, 5.74) is -3.30. The lowest BCUT2D eigenvalue weighted by Crippen LogP contribution is -2.51. The van der Waals surface area contributed by atoms with E-state index in [1.165, 1.54) is 14.1 Å². The normalized spacial score (nSPS) is 17.0. The van der Waals surface area contributed by atoms with Crippen LogP contribution in [-0.2, 0) is 11.8 Å². The van der Waals surface area contributed by atoms with Gasteiger partial charge < -0.3 is 25.8 Å². The van der Waals surface area contributed by atoms with Crippen LogP contribution < -0.4 is 16.0 Å². The number of nitrogens with zero attached hydrogens (tertiary/aromatic N) is 3. The number of benzene rings is 3. The van der Waals surface area contributed by atoms with Crippen LogP contribution in [-0.4, -0.2) is 60.4 Å². The maximum atomic E-state index is 13.8. The molecule has 0 aromatic heterocycles. The van der Waals surface area contributed by atoms with Crippen molar-refractivity contribution in [1.82, 2.24) is 15.1 Å². The Morgan fingerprint density at radius 3 is 2.11 bits per heavy atom. The first kappa shape index (κ1) is 32.2. The van der Waals surface area contributed by atoms with E-state index in [0.29, 0.717) is 22.7 Å². The first-order valence-electron chi connectivity index (χ1n) is 13.6. The largest absolute Gasteiger partial charge is 0.416 e. The van der Waals surface area contributed by atoms with Gasteiger partial charge in [-0.3, -0.25) is 4.79 Å². The van der Waals surface area contributed by atoms with Crippen LogP contribution in [0.15, 0.2) is 77.8 Å². The lowest BCUT2D eigenvalue weighted by molar-refractivity contribution is -0.137. The van der Waals surface area contributed by atoms with Gasteiger partial charge in [-0.25, -0.2) is 9.79 Å². The molecule has 0 aliphatic carbocycles. The first-order valence-corrected chi connectivity index (χ1v) is 14.6. The maximum absolute atomic E-state index is 13.8. The van der Waals surface area contributed by atoms with E-state index in [1.54, 1.807) is 47.5 Å². The number of hydrogen-bond acceptors (Lipinski definition) is 5. The van der Waals surface area contributed by atoms with Crippen molar-refractivity contribution < 1.29 is 31.5 Å². The van der Waals surface area contributed by atoms with Gasteiger partial charge in [-0.2, -0.15) is 22.0 Å². The highest BCUT2D eigenvalue weighted by atomic mass is 35.5. The Balaban J connectivity index is 1.14. The molecule has 2 atom stereocenters. The Kier molecular flexibility index (Phi) is 9.31. The van der Waals surface area contributed by atoms with Crippen molar-refractivity contribution in [1.29, 1.82) is 0 Å². The molecule has 1 fully saturated rings. The van der Waals surface area contributed by atoms with Gasteiger partial charge in [0.15, 0.2) is 6.29 Å². The number of anilines is 2. The maximum Gasteiger partial charge on any atom is 0.416 e. The molecule has 3 aromatic rings. The first-order chi connectivity index (χ1) is 21.3. The summed E-state index contributed by atoms with van der Waals surface area (Å²) in [6.45, 7) is 0.532. The number of halogens is 6. The van der Waals surface area contributed by atoms with Gasteiger partial charge in [0.25, 0.3) is 11.6 Å². The van der Waals surface area contributed by atoms with Crippen molar-refractivity contribution >= 4 is 56.1 Å². The van der Waals surface area contributed by atoms with E-state index in [1.807, 2.05) is 18.2 Å². The molecule has 0 radical (unpaired) electrons. The molecule has 5 rings (SSSR count). The molecule has 3 N–H and O–H groups in total. The molecule has 2 aliphatic heterocycles. The molecule has 45 heavy (non-hydrogen) atoms. The molecule has 2 unspecified atom stereocenters. The minimum atomic E-state index is -4.88. The number of piperazine rings is 1. The monoisotopic (exact) mass is 664 g/mol. The summed E-state index contributed by atoms with van der Waals surface area (Å²) in [6.07, 6.45) is -1.79. The summed E-state index contributed by atoms with van der Waals surface area (Å²) in [4.78, 5) is 33.1. The van der Waals surface area contributed by atoms with E-state index >= 15 is 0 Å². The third kappa shape index (κ3) is 8.09. The topological polar surface area (TPSA) is 89.1 Å². The van der Waals surface area contributed by atoms with Gasteiger partial charge in [0, 0.05) is 65.6 Å². The van der Waals surface area contributed by atoms with Crippen LogP contribution in [0, 0.1) is 0 Å². The molecule has 3 amide bonds. The number of carbonyl (C=O) groups is 2. The summed E-state index contributed by atoms with van der Waals surface area (Å²) in [5, 5.41) is 9.44. The Labute approximate surface area is 262 Å².